The first-order chi connectivity index (χ1) is 10.3. The Bertz CT molecular complexity index is 617. The molecular formula is C14H16N4O2S. The number of amides is 1. The summed E-state index contributed by atoms with van der Waals surface area (Å²) in [5, 5.41) is 4.96. The highest BCUT2D eigenvalue weighted by molar-refractivity contribution is 7.12. The third-order valence-corrected chi connectivity index (χ3v) is 4.28. The number of nitrogens with zero attached hydrogens (tertiary/aromatic N) is 3. The summed E-state index contributed by atoms with van der Waals surface area (Å²) in [4.78, 5) is 23.4. The van der Waals surface area contributed by atoms with Crippen LogP contribution in [0.25, 0.3) is 0 Å². The van der Waals surface area contributed by atoms with E-state index in [0.717, 1.165) is 23.7 Å². The summed E-state index contributed by atoms with van der Waals surface area (Å²) in [5.41, 5.74) is 0. The van der Waals surface area contributed by atoms with Crippen LogP contribution in [-0.2, 0) is 0 Å². The van der Waals surface area contributed by atoms with Gasteiger partial charge in [0.1, 0.15) is 0 Å². The van der Waals surface area contributed by atoms with E-state index in [0.29, 0.717) is 12.4 Å². The third-order valence-electron chi connectivity index (χ3n) is 3.41. The highest BCUT2D eigenvalue weighted by Gasteiger charge is 2.27. The van der Waals surface area contributed by atoms with Crippen molar-refractivity contribution in [2.75, 3.05) is 25.1 Å². The SMILES string of the molecule is COc1nccnc1N1CC[C@H](NC(=O)c2cccs2)C1. The largest absolute Gasteiger partial charge is 0.478 e. The molecule has 1 amide bonds. The monoisotopic (exact) mass is 304 g/mol. The Morgan fingerprint density at radius 3 is 3.10 bits per heavy atom. The summed E-state index contributed by atoms with van der Waals surface area (Å²) in [6, 6.07) is 3.83. The van der Waals surface area contributed by atoms with E-state index in [-0.39, 0.29) is 11.9 Å². The normalized spacial score (nSPS) is 17.8. The van der Waals surface area contributed by atoms with Gasteiger partial charge < -0.3 is 15.0 Å². The van der Waals surface area contributed by atoms with Gasteiger partial charge in [-0.25, -0.2) is 9.97 Å². The summed E-state index contributed by atoms with van der Waals surface area (Å²) in [5.74, 6) is 1.23. The van der Waals surface area contributed by atoms with Gasteiger partial charge in [0.05, 0.1) is 12.0 Å². The van der Waals surface area contributed by atoms with Crippen LogP contribution in [0.15, 0.2) is 29.9 Å². The van der Waals surface area contributed by atoms with Crippen molar-refractivity contribution in [3.63, 3.8) is 0 Å². The molecule has 0 saturated carbocycles. The number of nitrogens with one attached hydrogen (secondary N) is 1. The number of methoxy groups -OCH3 is 1. The Labute approximate surface area is 126 Å². The van der Waals surface area contributed by atoms with E-state index < -0.39 is 0 Å². The number of hydrogen-bond donors (Lipinski definition) is 1. The average molecular weight is 304 g/mol. The van der Waals surface area contributed by atoms with Crippen LogP contribution in [0.5, 0.6) is 5.88 Å². The van der Waals surface area contributed by atoms with Gasteiger partial charge in [0.2, 0.25) is 0 Å². The zero-order valence-electron chi connectivity index (χ0n) is 11.7. The highest BCUT2D eigenvalue weighted by atomic mass is 32.1. The van der Waals surface area contributed by atoms with Crippen LogP contribution < -0.4 is 15.0 Å². The Morgan fingerprint density at radius 2 is 2.33 bits per heavy atom. The molecular weight excluding hydrogens is 288 g/mol. The van der Waals surface area contributed by atoms with Gasteiger partial charge in [-0.15, -0.1) is 11.3 Å². The van der Waals surface area contributed by atoms with Crippen LogP contribution in [0, 0.1) is 0 Å². The molecule has 0 aliphatic carbocycles. The minimum atomic E-state index is -0.0111. The minimum absolute atomic E-state index is 0.0111. The molecule has 21 heavy (non-hydrogen) atoms. The van der Waals surface area contributed by atoms with Crippen molar-refractivity contribution in [2.45, 2.75) is 12.5 Å². The van der Waals surface area contributed by atoms with Crippen LogP contribution in [0.4, 0.5) is 5.82 Å². The number of ether oxygens (including phenoxy) is 1. The van der Waals surface area contributed by atoms with E-state index in [1.54, 1.807) is 19.5 Å². The standard InChI is InChI=1S/C14H16N4O2S/c1-20-14-12(15-5-6-16-14)18-7-4-10(9-18)17-13(19)11-3-2-8-21-11/h2-3,5-6,8,10H,4,7,9H2,1H3,(H,17,19)/t10-/m0/s1. The second-order valence-electron chi connectivity index (χ2n) is 4.77. The molecule has 1 aliphatic heterocycles. The molecule has 2 aromatic heterocycles. The van der Waals surface area contributed by atoms with Gasteiger partial charge in [0.15, 0.2) is 5.82 Å². The molecule has 1 atom stereocenters. The van der Waals surface area contributed by atoms with Gasteiger partial charge >= 0.3 is 0 Å². The smallest absolute Gasteiger partial charge is 0.261 e. The van der Waals surface area contributed by atoms with Crippen LogP contribution in [0.1, 0.15) is 16.1 Å². The topological polar surface area (TPSA) is 67.4 Å². The first-order valence-electron chi connectivity index (χ1n) is 6.72. The Morgan fingerprint density at radius 1 is 1.48 bits per heavy atom. The molecule has 6 nitrogen and oxygen atoms in total. The predicted octanol–water partition coefficient (Wildman–Crippen LogP) is 1.56. The number of carbonyl (C=O) groups excluding carboxylic acids is 1. The molecule has 7 heteroatoms. The molecule has 2 aromatic rings. The lowest BCUT2D eigenvalue weighted by molar-refractivity contribution is 0.0944. The summed E-state index contributed by atoms with van der Waals surface area (Å²) < 4.78 is 5.23. The summed E-state index contributed by atoms with van der Waals surface area (Å²) in [7, 11) is 1.58. The van der Waals surface area contributed by atoms with Crippen LogP contribution >= 0.6 is 11.3 Å². The van der Waals surface area contributed by atoms with E-state index in [1.165, 1.54) is 11.3 Å². The fourth-order valence-electron chi connectivity index (χ4n) is 2.41. The van der Waals surface area contributed by atoms with Crippen molar-refractivity contribution in [2.24, 2.45) is 0 Å². The van der Waals surface area contributed by atoms with Crippen molar-refractivity contribution < 1.29 is 9.53 Å². The van der Waals surface area contributed by atoms with E-state index in [1.807, 2.05) is 17.5 Å². The molecule has 110 valence electrons. The molecule has 1 N–H and O–H groups in total. The molecule has 0 unspecified atom stereocenters. The van der Waals surface area contributed by atoms with Crippen LogP contribution in [0.3, 0.4) is 0 Å². The molecule has 3 rings (SSSR count). The fraction of sp³-hybridized carbons (Fsp3) is 0.357. The maximum atomic E-state index is 12.1. The number of thiophene rings is 1. The molecule has 0 aromatic carbocycles. The maximum Gasteiger partial charge on any atom is 0.261 e. The van der Waals surface area contributed by atoms with Crippen LogP contribution in [0.2, 0.25) is 0 Å². The average Bonchev–Trinajstić information content (AvgIpc) is 3.18. The highest BCUT2D eigenvalue weighted by Crippen LogP contribution is 2.25. The first-order valence-corrected chi connectivity index (χ1v) is 7.60. The van der Waals surface area contributed by atoms with Crippen molar-refractivity contribution in [3.05, 3.63) is 34.8 Å². The number of hydrogen-bond acceptors (Lipinski definition) is 6. The minimum Gasteiger partial charge on any atom is -0.478 e. The number of carbonyl (C=O) groups is 1. The lowest BCUT2D eigenvalue weighted by Crippen LogP contribution is -2.37. The van der Waals surface area contributed by atoms with Gasteiger partial charge in [-0.2, -0.15) is 0 Å². The van der Waals surface area contributed by atoms with Gasteiger partial charge in [-0.1, -0.05) is 6.07 Å². The molecule has 0 radical (unpaired) electrons. The predicted molar refractivity (Wildman–Crippen MR) is 81.0 cm³/mol. The third kappa shape index (κ3) is 2.97. The quantitative estimate of drug-likeness (QED) is 0.928. The Kier molecular flexibility index (Phi) is 4.01. The van der Waals surface area contributed by atoms with Crippen LogP contribution in [-0.4, -0.2) is 42.1 Å². The number of anilines is 1. The van der Waals surface area contributed by atoms with Gasteiger partial charge in [-0.05, 0) is 17.9 Å². The summed E-state index contributed by atoms with van der Waals surface area (Å²) >= 11 is 1.45. The summed E-state index contributed by atoms with van der Waals surface area (Å²) in [6.45, 7) is 1.54. The summed E-state index contributed by atoms with van der Waals surface area (Å²) in [6.07, 6.45) is 4.14. The van der Waals surface area contributed by atoms with E-state index in [2.05, 4.69) is 20.2 Å². The molecule has 0 bridgehead atoms. The molecule has 1 aliphatic rings. The van der Waals surface area contributed by atoms with Gasteiger partial charge in [0, 0.05) is 31.5 Å². The van der Waals surface area contributed by atoms with Crippen molar-refractivity contribution in [1.29, 1.82) is 0 Å². The van der Waals surface area contributed by atoms with E-state index >= 15 is 0 Å². The fourth-order valence-corrected chi connectivity index (χ4v) is 3.04. The molecule has 1 saturated heterocycles. The van der Waals surface area contributed by atoms with Crippen molar-refractivity contribution >= 4 is 23.1 Å². The molecule has 3 heterocycles. The van der Waals surface area contributed by atoms with E-state index in [4.69, 9.17) is 4.74 Å². The number of rotatable bonds is 4. The van der Waals surface area contributed by atoms with Crippen molar-refractivity contribution in [1.82, 2.24) is 15.3 Å². The number of aromatic nitrogens is 2. The van der Waals surface area contributed by atoms with Crippen molar-refractivity contribution in [3.8, 4) is 5.88 Å². The molecule has 1 fully saturated rings. The lowest BCUT2D eigenvalue weighted by atomic mass is 10.2. The lowest BCUT2D eigenvalue weighted by Gasteiger charge is -2.19. The Hall–Kier alpha value is -2.15. The van der Waals surface area contributed by atoms with Gasteiger partial charge in [0.25, 0.3) is 11.8 Å². The zero-order chi connectivity index (χ0) is 14.7. The maximum absolute atomic E-state index is 12.1. The van der Waals surface area contributed by atoms with E-state index in [9.17, 15) is 4.79 Å². The first kappa shape index (κ1) is 13.8. The second-order valence-corrected chi connectivity index (χ2v) is 5.72. The second kappa shape index (κ2) is 6.09. The zero-order valence-corrected chi connectivity index (χ0v) is 12.5. The molecule has 0 spiro atoms. The van der Waals surface area contributed by atoms with Gasteiger partial charge in [-0.3, -0.25) is 4.79 Å². The Balaban J connectivity index is 1.64.